The molecule has 104 valence electrons. The third kappa shape index (κ3) is 5.04. The second kappa shape index (κ2) is 7.16. The van der Waals surface area contributed by atoms with Gasteiger partial charge in [-0.3, -0.25) is 4.79 Å². The molecule has 0 aromatic heterocycles. The quantitative estimate of drug-likeness (QED) is 0.842. The van der Waals surface area contributed by atoms with Crippen LogP contribution in [0, 0.1) is 5.92 Å². The summed E-state index contributed by atoms with van der Waals surface area (Å²) in [6.07, 6.45) is 4.80. The lowest BCUT2D eigenvalue weighted by atomic mass is 9.89. The molecular formula is C15H19Cl2NO. The Balaban J connectivity index is 1.71. The minimum absolute atomic E-state index is 0.0790. The van der Waals surface area contributed by atoms with Crippen LogP contribution >= 0.6 is 23.2 Å². The molecule has 0 spiro atoms. The van der Waals surface area contributed by atoms with Crippen LogP contribution in [0.2, 0.25) is 5.02 Å². The number of amides is 1. The Morgan fingerprint density at radius 3 is 2.42 bits per heavy atom. The Morgan fingerprint density at radius 2 is 1.79 bits per heavy atom. The van der Waals surface area contributed by atoms with Crippen LogP contribution in [0.3, 0.4) is 0 Å². The Labute approximate surface area is 124 Å². The van der Waals surface area contributed by atoms with E-state index in [1.807, 2.05) is 24.3 Å². The van der Waals surface area contributed by atoms with Crippen molar-refractivity contribution < 1.29 is 4.79 Å². The van der Waals surface area contributed by atoms with Crippen LogP contribution in [0.25, 0.3) is 0 Å². The average Bonchev–Trinajstić information content (AvgIpc) is 2.41. The Bertz CT molecular complexity index is 411. The molecule has 1 aromatic rings. The average molecular weight is 300 g/mol. The molecule has 0 bridgehead atoms. The summed E-state index contributed by atoms with van der Waals surface area (Å²) in [5.41, 5.74) is 0.992. The lowest BCUT2D eigenvalue weighted by Crippen LogP contribution is -2.32. The van der Waals surface area contributed by atoms with Crippen molar-refractivity contribution in [3.8, 4) is 0 Å². The summed E-state index contributed by atoms with van der Waals surface area (Å²) >= 11 is 11.9. The SMILES string of the molecule is O=C(Cc1ccc(Cl)cc1)NCC1CCC(Cl)CC1. The number of carbonyl (C=O) groups excluding carboxylic acids is 1. The van der Waals surface area contributed by atoms with Crippen molar-refractivity contribution in [3.05, 3.63) is 34.9 Å². The van der Waals surface area contributed by atoms with Gasteiger partial charge in [0.25, 0.3) is 0 Å². The lowest BCUT2D eigenvalue weighted by molar-refractivity contribution is -0.120. The second-order valence-corrected chi connectivity index (χ2v) is 6.28. The highest BCUT2D eigenvalue weighted by Gasteiger charge is 2.19. The smallest absolute Gasteiger partial charge is 0.224 e. The van der Waals surface area contributed by atoms with E-state index in [0.29, 0.717) is 22.7 Å². The van der Waals surface area contributed by atoms with E-state index < -0.39 is 0 Å². The molecule has 1 amide bonds. The first-order valence-corrected chi connectivity index (χ1v) is 7.60. The molecule has 4 heteroatoms. The molecule has 1 N–H and O–H groups in total. The van der Waals surface area contributed by atoms with Crippen LogP contribution in [0.15, 0.2) is 24.3 Å². The molecule has 19 heavy (non-hydrogen) atoms. The predicted octanol–water partition coefficient (Wildman–Crippen LogP) is 3.80. The number of rotatable bonds is 4. The highest BCUT2D eigenvalue weighted by atomic mass is 35.5. The molecule has 0 aliphatic heterocycles. The number of halogens is 2. The maximum Gasteiger partial charge on any atom is 0.224 e. The lowest BCUT2D eigenvalue weighted by Gasteiger charge is -2.25. The summed E-state index contributed by atoms with van der Waals surface area (Å²) in [4.78, 5) is 11.8. The van der Waals surface area contributed by atoms with E-state index in [4.69, 9.17) is 23.2 Å². The molecule has 1 saturated carbocycles. The number of nitrogens with one attached hydrogen (secondary N) is 1. The molecule has 1 aliphatic carbocycles. The van der Waals surface area contributed by atoms with Crippen molar-refractivity contribution in [3.63, 3.8) is 0 Å². The third-order valence-corrected chi connectivity index (χ3v) is 4.33. The van der Waals surface area contributed by atoms with Crippen LogP contribution in [0.5, 0.6) is 0 Å². The van der Waals surface area contributed by atoms with E-state index >= 15 is 0 Å². The minimum Gasteiger partial charge on any atom is -0.356 e. The molecular weight excluding hydrogens is 281 g/mol. The molecule has 1 aliphatic rings. The number of carbonyl (C=O) groups is 1. The van der Waals surface area contributed by atoms with E-state index in [1.165, 1.54) is 0 Å². The van der Waals surface area contributed by atoms with Gasteiger partial charge in [0, 0.05) is 16.9 Å². The van der Waals surface area contributed by atoms with Gasteiger partial charge in [0.15, 0.2) is 0 Å². The molecule has 0 heterocycles. The van der Waals surface area contributed by atoms with E-state index in [9.17, 15) is 4.79 Å². The van der Waals surface area contributed by atoms with Gasteiger partial charge >= 0.3 is 0 Å². The van der Waals surface area contributed by atoms with Gasteiger partial charge < -0.3 is 5.32 Å². The van der Waals surface area contributed by atoms with Crippen molar-refractivity contribution in [2.24, 2.45) is 5.92 Å². The Hall–Kier alpha value is -0.730. The normalized spacial score (nSPS) is 23.1. The van der Waals surface area contributed by atoms with Crippen LogP contribution in [0.1, 0.15) is 31.2 Å². The zero-order valence-electron chi connectivity index (χ0n) is 10.9. The maximum absolute atomic E-state index is 11.8. The van der Waals surface area contributed by atoms with Crippen molar-refractivity contribution in [1.29, 1.82) is 0 Å². The summed E-state index contributed by atoms with van der Waals surface area (Å²) in [6, 6.07) is 7.40. The third-order valence-electron chi connectivity index (χ3n) is 3.64. The predicted molar refractivity (Wildman–Crippen MR) is 79.8 cm³/mol. The van der Waals surface area contributed by atoms with Crippen LogP contribution in [-0.4, -0.2) is 17.8 Å². The highest BCUT2D eigenvalue weighted by molar-refractivity contribution is 6.30. The van der Waals surface area contributed by atoms with Gasteiger partial charge in [-0.2, -0.15) is 0 Å². The molecule has 1 aromatic carbocycles. The zero-order chi connectivity index (χ0) is 13.7. The summed E-state index contributed by atoms with van der Waals surface area (Å²) < 4.78 is 0. The van der Waals surface area contributed by atoms with Crippen molar-refractivity contribution >= 4 is 29.1 Å². The molecule has 0 unspecified atom stereocenters. The molecule has 2 nitrogen and oxygen atoms in total. The van der Waals surface area contributed by atoms with E-state index in [1.54, 1.807) is 0 Å². The molecule has 0 radical (unpaired) electrons. The standard InChI is InChI=1S/C15H19Cl2NO/c16-13-5-1-11(2-6-13)9-15(19)18-10-12-3-7-14(17)8-4-12/h1-2,5-6,12,14H,3-4,7-10H2,(H,18,19). The fourth-order valence-electron chi connectivity index (χ4n) is 2.43. The first-order chi connectivity index (χ1) is 9.13. The first-order valence-electron chi connectivity index (χ1n) is 6.78. The minimum atomic E-state index is 0.0790. The van der Waals surface area contributed by atoms with Crippen molar-refractivity contribution in [2.45, 2.75) is 37.5 Å². The largest absolute Gasteiger partial charge is 0.356 e. The number of benzene rings is 1. The topological polar surface area (TPSA) is 29.1 Å². The fraction of sp³-hybridized carbons (Fsp3) is 0.533. The van der Waals surface area contributed by atoms with E-state index in [0.717, 1.165) is 37.8 Å². The molecule has 0 atom stereocenters. The van der Waals surface area contributed by atoms with Gasteiger partial charge in [-0.15, -0.1) is 11.6 Å². The fourth-order valence-corrected chi connectivity index (χ4v) is 2.81. The van der Waals surface area contributed by atoms with Gasteiger partial charge in [-0.25, -0.2) is 0 Å². The monoisotopic (exact) mass is 299 g/mol. The number of hydrogen-bond acceptors (Lipinski definition) is 1. The molecule has 2 rings (SSSR count). The summed E-state index contributed by atoms with van der Waals surface area (Å²) in [5, 5.41) is 4.05. The Kier molecular flexibility index (Phi) is 5.53. The summed E-state index contributed by atoms with van der Waals surface area (Å²) in [6.45, 7) is 0.774. The second-order valence-electron chi connectivity index (χ2n) is 5.23. The molecule has 0 saturated heterocycles. The Morgan fingerprint density at radius 1 is 1.16 bits per heavy atom. The van der Waals surface area contributed by atoms with Crippen molar-refractivity contribution in [2.75, 3.05) is 6.54 Å². The van der Waals surface area contributed by atoms with Crippen LogP contribution in [-0.2, 0) is 11.2 Å². The zero-order valence-corrected chi connectivity index (χ0v) is 12.4. The highest BCUT2D eigenvalue weighted by Crippen LogP contribution is 2.26. The summed E-state index contributed by atoms with van der Waals surface area (Å²) in [5.74, 6) is 0.666. The maximum atomic E-state index is 11.8. The van der Waals surface area contributed by atoms with Gasteiger partial charge in [-0.05, 0) is 49.3 Å². The van der Waals surface area contributed by atoms with Crippen LogP contribution in [0.4, 0.5) is 0 Å². The van der Waals surface area contributed by atoms with Gasteiger partial charge in [-0.1, -0.05) is 23.7 Å². The number of hydrogen-bond donors (Lipinski definition) is 1. The van der Waals surface area contributed by atoms with Gasteiger partial charge in [0.1, 0.15) is 0 Å². The van der Waals surface area contributed by atoms with E-state index in [-0.39, 0.29) is 5.91 Å². The van der Waals surface area contributed by atoms with Crippen LogP contribution < -0.4 is 5.32 Å². The molecule has 1 fully saturated rings. The van der Waals surface area contributed by atoms with Gasteiger partial charge in [0.2, 0.25) is 5.91 Å². The van der Waals surface area contributed by atoms with Crippen molar-refractivity contribution in [1.82, 2.24) is 5.32 Å². The van der Waals surface area contributed by atoms with Gasteiger partial charge in [0.05, 0.1) is 6.42 Å². The number of alkyl halides is 1. The first kappa shape index (κ1) is 14.7. The van der Waals surface area contributed by atoms with E-state index in [2.05, 4.69) is 5.32 Å². The summed E-state index contributed by atoms with van der Waals surface area (Å²) in [7, 11) is 0.